The summed E-state index contributed by atoms with van der Waals surface area (Å²) >= 11 is 0. The average Bonchev–Trinajstić information content (AvgIpc) is 2.90. The molecule has 2 aromatic carbocycles. The van der Waals surface area contributed by atoms with Crippen LogP contribution in [0.15, 0.2) is 71.5 Å². The first-order chi connectivity index (χ1) is 17.8. The van der Waals surface area contributed by atoms with Crippen molar-refractivity contribution in [1.82, 2.24) is 14.5 Å². The first kappa shape index (κ1) is 24.7. The van der Waals surface area contributed by atoms with Crippen molar-refractivity contribution in [2.24, 2.45) is 7.05 Å². The number of aryl methyl sites for hydroxylation is 2. The maximum atomic E-state index is 13.8. The smallest absolute Gasteiger partial charge is 0.252 e. The van der Waals surface area contributed by atoms with Gasteiger partial charge in [0, 0.05) is 38.3 Å². The fraction of sp³-hybridized carbons (Fsp3) is 0.300. The van der Waals surface area contributed by atoms with Crippen molar-refractivity contribution in [3.63, 3.8) is 0 Å². The summed E-state index contributed by atoms with van der Waals surface area (Å²) in [4.78, 5) is 22.1. The molecule has 0 bridgehead atoms. The van der Waals surface area contributed by atoms with Gasteiger partial charge in [-0.15, -0.1) is 0 Å². The molecule has 1 unspecified atom stereocenters. The Balaban J connectivity index is 1.55. The van der Waals surface area contributed by atoms with Gasteiger partial charge in [-0.2, -0.15) is 5.26 Å². The summed E-state index contributed by atoms with van der Waals surface area (Å²) < 4.78 is 15.4. The first-order valence-corrected chi connectivity index (χ1v) is 12.5. The zero-order valence-electron chi connectivity index (χ0n) is 21.5. The quantitative estimate of drug-likeness (QED) is 0.401. The van der Waals surface area contributed by atoms with E-state index in [0.717, 1.165) is 23.4 Å². The van der Waals surface area contributed by atoms with Crippen LogP contribution in [0.3, 0.4) is 0 Å². The summed E-state index contributed by atoms with van der Waals surface area (Å²) in [6.07, 6.45) is 0. The van der Waals surface area contributed by atoms with Crippen molar-refractivity contribution in [3.05, 3.63) is 105 Å². The van der Waals surface area contributed by atoms with Crippen LogP contribution in [0, 0.1) is 24.1 Å². The van der Waals surface area contributed by atoms with Gasteiger partial charge in [0.15, 0.2) is 0 Å². The third kappa shape index (κ3) is 4.61. The molecule has 0 spiro atoms. The van der Waals surface area contributed by atoms with Gasteiger partial charge in [0.25, 0.3) is 5.56 Å². The highest BCUT2D eigenvalue weighted by Gasteiger charge is 2.36. The standard InChI is InChI=1S/C30H30FN5O/c1-19-5-7-22(8-6-19)30(23-9-11-24(31)12-10-23)36-18-20(2)35(17-21(36)3)27-15-28(37)34(4)26-14-13-25(16-32)33-29(26)27/h5-15,20-21,30H,17-18H2,1-4H3/t20-,21+,30?/m0/s1. The summed E-state index contributed by atoms with van der Waals surface area (Å²) in [7, 11) is 1.72. The van der Waals surface area contributed by atoms with E-state index in [1.807, 2.05) is 12.1 Å². The van der Waals surface area contributed by atoms with E-state index in [9.17, 15) is 14.4 Å². The number of benzene rings is 2. The number of fused-ring (bicyclic) bond motifs is 1. The number of aromatic nitrogens is 2. The van der Waals surface area contributed by atoms with Crippen LogP contribution in [-0.2, 0) is 7.05 Å². The number of piperazine rings is 1. The molecule has 3 atom stereocenters. The Morgan fingerprint density at radius 3 is 2.27 bits per heavy atom. The Hall–Kier alpha value is -4.02. The fourth-order valence-corrected chi connectivity index (χ4v) is 5.41. The van der Waals surface area contributed by atoms with Crippen molar-refractivity contribution >= 4 is 16.7 Å². The highest BCUT2D eigenvalue weighted by molar-refractivity contribution is 5.89. The van der Waals surface area contributed by atoms with Crippen molar-refractivity contribution in [2.75, 3.05) is 18.0 Å². The molecule has 3 heterocycles. The Morgan fingerprint density at radius 2 is 1.62 bits per heavy atom. The molecule has 4 aromatic rings. The molecule has 0 aliphatic carbocycles. The summed E-state index contributed by atoms with van der Waals surface area (Å²) in [5.74, 6) is -0.251. The third-order valence-corrected chi connectivity index (χ3v) is 7.44. The number of hydrogen-bond donors (Lipinski definition) is 0. The molecule has 1 aliphatic heterocycles. The van der Waals surface area contributed by atoms with Gasteiger partial charge in [-0.1, -0.05) is 42.0 Å². The summed E-state index contributed by atoms with van der Waals surface area (Å²) in [5, 5.41) is 9.44. The average molecular weight is 496 g/mol. The molecule has 0 N–H and O–H groups in total. The first-order valence-electron chi connectivity index (χ1n) is 12.5. The molecule has 5 rings (SSSR count). The van der Waals surface area contributed by atoms with Gasteiger partial charge >= 0.3 is 0 Å². The van der Waals surface area contributed by atoms with Gasteiger partial charge in [0.05, 0.1) is 17.2 Å². The van der Waals surface area contributed by atoms with Gasteiger partial charge in [0.2, 0.25) is 0 Å². The molecule has 0 radical (unpaired) electrons. The van der Waals surface area contributed by atoms with E-state index in [1.165, 1.54) is 17.7 Å². The summed E-state index contributed by atoms with van der Waals surface area (Å²) in [6, 6.07) is 22.6. The van der Waals surface area contributed by atoms with Gasteiger partial charge in [0.1, 0.15) is 23.1 Å². The van der Waals surface area contributed by atoms with Crippen LogP contribution in [0.4, 0.5) is 10.1 Å². The summed E-state index contributed by atoms with van der Waals surface area (Å²) in [5.41, 5.74) is 5.70. The normalized spacial score (nSPS) is 19.1. The Kier molecular flexibility index (Phi) is 6.53. The van der Waals surface area contributed by atoms with Crippen LogP contribution in [0.5, 0.6) is 0 Å². The zero-order valence-corrected chi connectivity index (χ0v) is 21.5. The largest absolute Gasteiger partial charge is 0.364 e. The van der Waals surface area contributed by atoms with Crippen LogP contribution in [0.25, 0.3) is 11.0 Å². The minimum Gasteiger partial charge on any atom is -0.364 e. The second kappa shape index (κ2) is 9.79. The maximum Gasteiger partial charge on any atom is 0.252 e. The lowest BCUT2D eigenvalue weighted by Gasteiger charge is -2.48. The van der Waals surface area contributed by atoms with E-state index in [1.54, 1.807) is 29.8 Å². The minimum absolute atomic E-state index is 0.0375. The van der Waals surface area contributed by atoms with Crippen molar-refractivity contribution < 1.29 is 4.39 Å². The number of nitriles is 1. The van der Waals surface area contributed by atoms with E-state index >= 15 is 0 Å². The molecule has 37 heavy (non-hydrogen) atoms. The fourth-order valence-electron chi connectivity index (χ4n) is 5.41. The van der Waals surface area contributed by atoms with Crippen LogP contribution in [0.2, 0.25) is 0 Å². The van der Waals surface area contributed by atoms with Gasteiger partial charge in [-0.3, -0.25) is 9.69 Å². The van der Waals surface area contributed by atoms with Crippen LogP contribution in [-0.4, -0.2) is 39.6 Å². The van der Waals surface area contributed by atoms with Crippen molar-refractivity contribution in [2.45, 2.75) is 38.9 Å². The molecule has 1 aliphatic rings. The van der Waals surface area contributed by atoms with Gasteiger partial charge in [-0.25, -0.2) is 9.37 Å². The molecule has 188 valence electrons. The number of anilines is 1. The molecule has 0 saturated carbocycles. The molecule has 1 saturated heterocycles. The van der Waals surface area contributed by atoms with Crippen molar-refractivity contribution in [3.8, 4) is 6.07 Å². The zero-order chi connectivity index (χ0) is 26.3. The predicted octanol–water partition coefficient (Wildman–Crippen LogP) is 4.94. The number of rotatable bonds is 4. The highest BCUT2D eigenvalue weighted by atomic mass is 19.1. The highest BCUT2D eigenvalue weighted by Crippen LogP contribution is 2.36. The lowest BCUT2D eigenvalue weighted by Crippen LogP contribution is -2.57. The van der Waals surface area contributed by atoms with E-state index in [4.69, 9.17) is 0 Å². The Labute approximate surface area is 216 Å². The Bertz CT molecular complexity index is 1490. The maximum absolute atomic E-state index is 13.8. The number of pyridine rings is 2. The van der Waals surface area contributed by atoms with Crippen LogP contribution >= 0.6 is 0 Å². The minimum atomic E-state index is -0.251. The number of hydrogen-bond acceptors (Lipinski definition) is 5. The SMILES string of the molecule is Cc1ccc(C(c2ccc(F)cc2)N2C[C@H](C)N(c3cc(=O)n(C)c4ccc(C#N)nc34)C[C@H]2C)cc1. The van der Waals surface area contributed by atoms with Crippen LogP contribution in [0.1, 0.15) is 42.3 Å². The second-order valence-electron chi connectivity index (χ2n) is 10.0. The van der Waals surface area contributed by atoms with E-state index < -0.39 is 0 Å². The lowest BCUT2D eigenvalue weighted by molar-refractivity contribution is 0.130. The lowest BCUT2D eigenvalue weighted by atomic mass is 9.93. The van der Waals surface area contributed by atoms with E-state index in [2.05, 4.69) is 65.9 Å². The van der Waals surface area contributed by atoms with Crippen LogP contribution < -0.4 is 10.5 Å². The second-order valence-corrected chi connectivity index (χ2v) is 10.0. The van der Waals surface area contributed by atoms with Gasteiger partial charge < -0.3 is 9.47 Å². The van der Waals surface area contributed by atoms with Gasteiger partial charge in [-0.05, 0) is 56.2 Å². The molecule has 0 amide bonds. The predicted molar refractivity (Wildman–Crippen MR) is 144 cm³/mol. The monoisotopic (exact) mass is 495 g/mol. The summed E-state index contributed by atoms with van der Waals surface area (Å²) in [6.45, 7) is 7.80. The molecular weight excluding hydrogens is 465 g/mol. The molecular formula is C30H30FN5O. The molecule has 2 aromatic heterocycles. The van der Waals surface area contributed by atoms with E-state index in [0.29, 0.717) is 23.3 Å². The van der Waals surface area contributed by atoms with E-state index in [-0.39, 0.29) is 29.5 Å². The topological polar surface area (TPSA) is 65.2 Å². The molecule has 6 nitrogen and oxygen atoms in total. The molecule has 1 fully saturated rings. The molecule has 7 heteroatoms. The Morgan fingerprint density at radius 1 is 0.973 bits per heavy atom. The number of halogens is 1. The van der Waals surface area contributed by atoms with Crippen molar-refractivity contribution in [1.29, 1.82) is 5.26 Å². The third-order valence-electron chi connectivity index (χ3n) is 7.44. The number of nitrogens with zero attached hydrogens (tertiary/aromatic N) is 5.